The number of rotatable bonds is 4. The predicted molar refractivity (Wildman–Crippen MR) is 71.5 cm³/mol. The first kappa shape index (κ1) is 13.6. The summed E-state index contributed by atoms with van der Waals surface area (Å²) in [5, 5.41) is 0.436. The number of hydrogen-bond donors (Lipinski definition) is 1. The number of anilines is 1. The van der Waals surface area contributed by atoms with Gasteiger partial charge in [0.25, 0.3) is 0 Å². The van der Waals surface area contributed by atoms with Crippen LogP contribution in [-0.2, 0) is 14.6 Å². The third-order valence-electron chi connectivity index (χ3n) is 3.04. The predicted octanol–water partition coefficient (Wildman–Crippen LogP) is 2.27. The minimum Gasteiger partial charge on any atom is -0.398 e. The Morgan fingerprint density at radius 3 is 2.83 bits per heavy atom. The van der Waals surface area contributed by atoms with Gasteiger partial charge in [-0.05, 0) is 37.5 Å². The molecule has 1 heterocycles. The topological polar surface area (TPSA) is 69.4 Å². The summed E-state index contributed by atoms with van der Waals surface area (Å²) in [4.78, 5) is 0.157. The number of halogens is 1. The second-order valence-electron chi connectivity index (χ2n) is 4.42. The lowest BCUT2D eigenvalue weighted by molar-refractivity contribution is 0.109. The van der Waals surface area contributed by atoms with Crippen molar-refractivity contribution in [2.45, 2.75) is 30.3 Å². The average Bonchev–Trinajstić information content (AvgIpc) is 2.78. The Hall–Kier alpha value is -0.780. The van der Waals surface area contributed by atoms with Crippen LogP contribution < -0.4 is 5.73 Å². The smallest absolute Gasteiger partial charge is 0.180 e. The summed E-state index contributed by atoms with van der Waals surface area (Å²) in [5.74, 6) is 0.0590. The molecular weight excluding hydrogens is 274 g/mol. The van der Waals surface area contributed by atoms with E-state index in [0.717, 1.165) is 19.4 Å². The van der Waals surface area contributed by atoms with E-state index in [0.29, 0.717) is 11.4 Å². The summed E-state index contributed by atoms with van der Waals surface area (Å²) in [6.07, 6.45) is 2.53. The van der Waals surface area contributed by atoms with Crippen LogP contribution >= 0.6 is 11.6 Å². The van der Waals surface area contributed by atoms with Gasteiger partial charge in [0.15, 0.2) is 9.84 Å². The molecule has 0 aliphatic carbocycles. The highest BCUT2D eigenvalue weighted by Gasteiger charge is 2.22. The van der Waals surface area contributed by atoms with Gasteiger partial charge in [-0.1, -0.05) is 11.6 Å². The van der Waals surface area contributed by atoms with E-state index in [9.17, 15) is 8.42 Å². The van der Waals surface area contributed by atoms with Gasteiger partial charge >= 0.3 is 0 Å². The zero-order valence-electron chi connectivity index (χ0n) is 9.93. The van der Waals surface area contributed by atoms with Gasteiger partial charge in [0.05, 0.1) is 22.4 Å². The Morgan fingerprint density at radius 2 is 2.22 bits per heavy atom. The first-order chi connectivity index (χ1) is 8.49. The molecule has 18 heavy (non-hydrogen) atoms. The van der Waals surface area contributed by atoms with E-state index in [1.807, 2.05) is 0 Å². The number of benzene rings is 1. The molecule has 100 valence electrons. The van der Waals surface area contributed by atoms with E-state index in [4.69, 9.17) is 22.1 Å². The van der Waals surface area contributed by atoms with E-state index in [1.54, 1.807) is 0 Å². The Labute approximate surface area is 112 Å². The molecular formula is C12H16ClNO3S. The number of nitrogens with two attached hydrogens (primary N) is 1. The molecule has 0 amide bonds. The SMILES string of the molecule is Nc1cc(Cl)ccc1S(=O)(=O)CCC1CCCO1. The highest BCUT2D eigenvalue weighted by Crippen LogP contribution is 2.25. The molecule has 6 heteroatoms. The van der Waals surface area contributed by atoms with Crippen LogP contribution in [0.4, 0.5) is 5.69 Å². The zero-order valence-corrected chi connectivity index (χ0v) is 11.5. The largest absolute Gasteiger partial charge is 0.398 e. The second kappa shape index (κ2) is 5.47. The fourth-order valence-electron chi connectivity index (χ4n) is 2.07. The van der Waals surface area contributed by atoms with Crippen molar-refractivity contribution < 1.29 is 13.2 Å². The van der Waals surface area contributed by atoms with Crippen molar-refractivity contribution >= 4 is 27.1 Å². The molecule has 0 spiro atoms. The molecule has 1 fully saturated rings. The molecule has 1 aliphatic heterocycles. The molecule has 1 unspecified atom stereocenters. The zero-order chi connectivity index (χ0) is 13.2. The fourth-order valence-corrected chi connectivity index (χ4v) is 3.74. The Balaban J connectivity index is 2.09. The van der Waals surface area contributed by atoms with Gasteiger partial charge in [-0.3, -0.25) is 0 Å². The average molecular weight is 290 g/mol. The molecule has 1 aliphatic rings. The maximum absolute atomic E-state index is 12.1. The highest BCUT2D eigenvalue weighted by atomic mass is 35.5. The molecule has 2 rings (SSSR count). The first-order valence-electron chi connectivity index (χ1n) is 5.88. The maximum Gasteiger partial charge on any atom is 0.180 e. The van der Waals surface area contributed by atoms with Gasteiger partial charge in [0.2, 0.25) is 0 Å². The van der Waals surface area contributed by atoms with Crippen LogP contribution in [0.2, 0.25) is 5.02 Å². The normalized spacial score (nSPS) is 20.2. The minimum absolute atomic E-state index is 0.0590. The molecule has 1 saturated heterocycles. The summed E-state index contributed by atoms with van der Waals surface area (Å²) < 4.78 is 29.7. The highest BCUT2D eigenvalue weighted by molar-refractivity contribution is 7.91. The number of nitrogen functional groups attached to an aromatic ring is 1. The van der Waals surface area contributed by atoms with Gasteiger partial charge < -0.3 is 10.5 Å². The lowest BCUT2D eigenvalue weighted by Crippen LogP contribution is -2.15. The van der Waals surface area contributed by atoms with Gasteiger partial charge in [-0.25, -0.2) is 8.42 Å². The molecule has 0 aromatic heterocycles. The summed E-state index contributed by atoms with van der Waals surface area (Å²) in [7, 11) is -3.36. The molecule has 0 saturated carbocycles. The standard InChI is InChI=1S/C12H16ClNO3S/c13-9-3-4-12(11(14)8-9)18(15,16)7-5-10-2-1-6-17-10/h3-4,8,10H,1-2,5-7,14H2. The third-order valence-corrected chi connectivity index (χ3v) is 5.09. The van der Waals surface area contributed by atoms with E-state index in [1.165, 1.54) is 18.2 Å². The molecule has 1 aromatic rings. The van der Waals surface area contributed by atoms with Crippen LogP contribution in [0.1, 0.15) is 19.3 Å². The summed E-state index contributed by atoms with van der Waals surface area (Å²) in [6.45, 7) is 0.730. The number of ether oxygens (including phenoxy) is 1. The summed E-state index contributed by atoms with van der Waals surface area (Å²) in [6, 6.07) is 4.46. The maximum atomic E-state index is 12.1. The lowest BCUT2D eigenvalue weighted by atomic mass is 10.2. The molecule has 0 bridgehead atoms. The summed E-state index contributed by atoms with van der Waals surface area (Å²) in [5.41, 5.74) is 5.90. The fraction of sp³-hybridized carbons (Fsp3) is 0.500. The van der Waals surface area contributed by atoms with E-state index < -0.39 is 9.84 Å². The van der Waals surface area contributed by atoms with Crippen LogP contribution in [0.15, 0.2) is 23.1 Å². The van der Waals surface area contributed by atoms with Crippen LogP contribution in [-0.4, -0.2) is 26.9 Å². The van der Waals surface area contributed by atoms with Crippen LogP contribution in [0.3, 0.4) is 0 Å². The number of sulfone groups is 1. The van der Waals surface area contributed by atoms with Crippen molar-refractivity contribution in [1.29, 1.82) is 0 Å². The molecule has 1 atom stereocenters. The van der Waals surface area contributed by atoms with Crippen molar-refractivity contribution in [2.75, 3.05) is 18.1 Å². The molecule has 4 nitrogen and oxygen atoms in total. The van der Waals surface area contributed by atoms with Crippen molar-refractivity contribution in [2.24, 2.45) is 0 Å². The Bertz CT molecular complexity index is 524. The lowest BCUT2D eigenvalue weighted by Gasteiger charge is -2.11. The van der Waals surface area contributed by atoms with E-state index in [2.05, 4.69) is 0 Å². The van der Waals surface area contributed by atoms with Gasteiger partial charge in [0, 0.05) is 11.6 Å². The van der Waals surface area contributed by atoms with Crippen LogP contribution in [0.5, 0.6) is 0 Å². The van der Waals surface area contributed by atoms with Crippen molar-refractivity contribution in [1.82, 2.24) is 0 Å². The number of hydrogen-bond acceptors (Lipinski definition) is 4. The van der Waals surface area contributed by atoms with Gasteiger partial charge in [-0.15, -0.1) is 0 Å². The molecule has 2 N–H and O–H groups in total. The Kier molecular flexibility index (Phi) is 4.14. The van der Waals surface area contributed by atoms with E-state index >= 15 is 0 Å². The monoisotopic (exact) mass is 289 g/mol. The molecule has 0 radical (unpaired) electrons. The van der Waals surface area contributed by atoms with Crippen molar-refractivity contribution in [3.8, 4) is 0 Å². The van der Waals surface area contributed by atoms with Crippen LogP contribution in [0, 0.1) is 0 Å². The third kappa shape index (κ3) is 3.16. The van der Waals surface area contributed by atoms with Gasteiger partial charge in [0.1, 0.15) is 0 Å². The minimum atomic E-state index is -3.36. The summed E-state index contributed by atoms with van der Waals surface area (Å²) >= 11 is 5.75. The van der Waals surface area contributed by atoms with Crippen LogP contribution in [0.25, 0.3) is 0 Å². The first-order valence-corrected chi connectivity index (χ1v) is 7.91. The van der Waals surface area contributed by atoms with Gasteiger partial charge in [-0.2, -0.15) is 0 Å². The van der Waals surface area contributed by atoms with Crippen molar-refractivity contribution in [3.05, 3.63) is 23.2 Å². The Morgan fingerprint density at radius 1 is 1.44 bits per heavy atom. The van der Waals surface area contributed by atoms with Crippen molar-refractivity contribution in [3.63, 3.8) is 0 Å². The second-order valence-corrected chi connectivity index (χ2v) is 6.94. The molecule has 1 aromatic carbocycles. The van der Waals surface area contributed by atoms with E-state index in [-0.39, 0.29) is 22.4 Å². The quantitative estimate of drug-likeness (QED) is 0.863.